The van der Waals surface area contributed by atoms with Gasteiger partial charge in [0.05, 0.1) is 5.69 Å². The van der Waals surface area contributed by atoms with Crippen molar-refractivity contribution in [3.63, 3.8) is 0 Å². The number of carbonyl (C=O) groups is 1. The van der Waals surface area contributed by atoms with Crippen LogP contribution >= 0.6 is 11.3 Å². The van der Waals surface area contributed by atoms with Gasteiger partial charge in [0.25, 0.3) is 0 Å². The Morgan fingerprint density at radius 1 is 1.20 bits per heavy atom. The van der Waals surface area contributed by atoms with Crippen LogP contribution in [-0.4, -0.2) is 72.2 Å². The molecule has 1 fully saturated rings. The van der Waals surface area contributed by atoms with Gasteiger partial charge < -0.3 is 25.2 Å². The molecule has 1 amide bonds. The first-order valence-electron chi connectivity index (χ1n) is 11.7. The lowest BCUT2D eigenvalue weighted by Gasteiger charge is -2.36. The summed E-state index contributed by atoms with van der Waals surface area (Å²) in [6.45, 7) is 6.06. The predicted molar refractivity (Wildman–Crippen MR) is 140 cm³/mol. The first kappa shape index (κ1) is 23.3. The second-order valence-electron chi connectivity index (χ2n) is 8.52. The zero-order valence-corrected chi connectivity index (χ0v) is 20.8. The topological polar surface area (TPSA) is 95.5 Å². The van der Waals surface area contributed by atoms with Gasteiger partial charge in [0.15, 0.2) is 5.13 Å². The first-order valence-corrected chi connectivity index (χ1v) is 12.6. The summed E-state index contributed by atoms with van der Waals surface area (Å²) >= 11 is 1.52. The molecule has 10 heteroatoms. The minimum Gasteiger partial charge on any atom is -0.388 e. The lowest BCUT2D eigenvalue weighted by Crippen LogP contribution is -2.49. The van der Waals surface area contributed by atoms with Crippen LogP contribution in [0.1, 0.15) is 19.0 Å². The third-order valence-electron chi connectivity index (χ3n) is 6.17. The monoisotopic (exact) mass is 491 g/mol. The Labute approximate surface area is 208 Å². The number of rotatable bonds is 6. The van der Waals surface area contributed by atoms with Gasteiger partial charge >= 0.3 is 0 Å². The number of carbonyl (C=O) groups excluding carboxylic acids is 1. The van der Waals surface area contributed by atoms with E-state index >= 15 is 0 Å². The van der Waals surface area contributed by atoms with Crippen LogP contribution in [0.15, 0.2) is 48.3 Å². The summed E-state index contributed by atoms with van der Waals surface area (Å²) in [5.74, 6) is 0.767. The van der Waals surface area contributed by atoms with Gasteiger partial charge in [0.1, 0.15) is 22.8 Å². The number of aromatic nitrogens is 3. The van der Waals surface area contributed by atoms with Gasteiger partial charge in [-0.15, -0.1) is 0 Å². The Morgan fingerprint density at radius 2 is 2.06 bits per heavy atom. The van der Waals surface area contributed by atoms with Crippen LogP contribution in [0.3, 0.4) is 0 Å². The molecule has 0 atom stereocenters. The number of amides is 1. The van der Waals surface area contributed by atoms with Crippen LogP contribution in [0.25, 0.3) is 15.9 Å². The standard InChI is InChI=1S/C25H29N7O2S/c1-17-19(5-3-4-9-26-17)20-6-7-21-24(28-20)35-25(29-21)30-22-15-18(8-10-27-22)31-11-13-32(14-12-31)23(33)16-34-2/h3,5-8,10,15,26H,4,9,11-14,16H2,1-2H3,(H,27,29,30). The summed E-state index contributed by atoms with van der Waals surface area (Å²) in [5.41, 5.74) is 5.12. The van der Waals surface area contributed by atoms with E-state index in [2.05, 4.69) is 39.6 Å². The van der Waals surface area contributed by atoms with E-state index in [4.69, 9.17) is 14.7 Å². The molecular weight excluding hydrogens is 462 g/mol. The SMILES string of the molecule is COCC(=O)N1CCN(c2ccnc(Nc3nc4ccc(C5=C(C)NCCC=C5)nc4s3)c2)CC1. The van der Waals surface area contributed by atoms with E-state index in [1.54, 1.807) is 13.3 Å². The Bertz CT molecular complexity index is 1280. The van der Waals surface area contributed by atoms with E-state index in [0.717, 1.165) is 70.0 Å². The number of ether oxygens (including phenoxy) is 1. The molecule has 0 bridgehead atoms. The van der Waals surface area contributed by atoms with Gasteiger partial charge in [-0.25, -0.2) is 15.0 Å². The van der Waals surface area contributed by atoms with Gasteiger partial charge in [-0.3, -0.25) is 4.79 Å². The Kier molecular flexibility index (Phi) is 6.91. The van der Waals surface area contributed by atoms with Gasteiger partial charge in [-0.05, 0) is 31.5 Å². The summed E-state index contributed by atoms with van der Waals surface area (Å²) in [6.07, 6.45) is 7.13. The van der Waals surface area contributed by atoms with Crippen LogP contribution in [-0.2, 0) is 9.53 Å². The van der Waals surface area contributed by atoms with Crippen LogP contribution < -0.4 is 15.5 Å². The summed E-state index contributed by atoms with van der Waals surface area (Å²) < 4.78 is 4.97. The average molecular weight is 492 g/mol. The molecule has 3 aromatic rings. The summed E-state index contributed by atoms with van der Waals surface area (Å²) in [4.78, 5) is 31.1. The number of nitrogens with one attached hydrogen (secondary N) is 2. The minimum absolute atomic E-state index is 0.0367. The maximum atomic E-state index is 12.1. The van der Waals surface area contributed by atoms with Gasteiger partial charge in [0.2, 0.25) is 5.91 Å². The molecule has 3 aromatic heterocycles. The highest BCUT2D eigenvalue weighted by molar-refractivity contribution is 7.21. The fourth-order valence-corrected chi connectivity index (χ4v) is 5.13. The van der Waals surface area contributed by atoms with Crippen LogP contribution in [0.4, 0.5) is 16.6 Å². The third kappa shape index (κ3) is 5.28. The maximum absolute atomic E-state index is 12.1. The smallest absolute Gasteiger partial charge is 0.248 e. The summed E-state index contributed by atoms with van der Waals surface area (Å²) in [5, 5.41) is 7.54. The molecular formula is C25H29N7O2S. The van der Waals surface area contributed by atoms with Crippen molar-refractivity contribution in [3.8, 4) is 0 Å². The van der Waals surface area contributed by atoms with Crippen molar-refractivity contribution in [2.75, 3.05) is 56.7 Å². The second kappa shape index (κ2) is 10.4. The highest BCUT2D eigenvalue weighted by atomic mass is 32.1. The highest BCUT2D eigenvalue weighted by Crippen LogP contribution is 2.30. The van der Waals surface area contributed by atoms with Crippen molar-refractivity contribution >= 4 is 49.8 Å². The number of fused-ring (bicyclic) bond motifs is 1. The summed E-state index contributed by atoms with van der Waals surface area (Å²) in [7, 11) is 1.55. The lowest BCUT2D eigenvalue weighted by atomic mass is 10.1. The molecule has 5 heterocycles. The number of piperazine rings is 1. The van der Waals surface area contributed by atoms with Gasteiger partial charge in [0, 0.05) is 69.1 Å². The Morgan fingerprint density at radius 3 is 2.89 bits per heavy atom. The molecule has 2 N–H and O–H groups in total. The fourth-order valence-electron chi connectivity index (χ4n) is 4.29. The number of methoxy groups -OCH3 is 1. The summed E-state index contributed by atoms with van der Waals surface area (Å²) in [6, 6.07) is 8.06. The van der Waals surface area contributed by atoms with E-state index in [1.165, 1.54) is 11.3 Å². The molecule has 0 aliphatic carbocycles. The zero-order valence-electron chi connectivity index (χ0n) is 20.0. The molecule has 182 valence electrons. The molecule has 0 saturated carbocycles. The molecule has 0 unspecified atom stereocenters. The molecule has 5 rings (SSSR count). The highest BCUT2D eigenvalue weighted by Gasteiger charge is 2.21. The van der Waals surface area contributed by atoms with Crippen molar-refractivity contribution in [3.05, 3.63) is 54.0 Å². The molecule has 2 aliphatic rings. The quantitative estimate of drug-likeness (QED) is 0.542. The molecule has 9 nitrogen and oxygen atoms in total. The number of thiazole rings is 1. The van der Waals surface area contributed by atoms with E-state index in [1.807, 2.05) is 29.2 Å². The van der Waals surface area contributed by atoms with E-state index < -0.39 is 0 Å². The number of hydrogen-bond acceptors (Lipinski definition) is 9. The van der Waals surface area contributed by atoms with E-state index in [9.17, 15) is 4.79 Å². The predicted octanol–water partition coefficient (Wildman–Crippen LogP) is 3.41. The van der Waals surface area contributed by atoms with Crippen LogP contribution in [0.2, 0.25) is 0 Å². The maximum Gasteiger partial charge on any atom is 0.248 e. The van der Waals surface area contributed by atoms with Crippen molar-refractivity contribution in [2.24, 2.45) is 0 Å². The van der Waals surface area contributed by atoms with Crippen molar-refractivity contribution in [2.45, 2.75) is 13.3 Å². The molecule has 0 spiro atoms. The number of pyridine rings is 2. The lowest BCUT2D eigenvalue weighted by molar-refractivity contribution is -0.135. The number of allylic oxidation sites excluding steroid dienone is 3. The third-order valence-corrected chi connectivity index (χ3v) is 7.05. The Balaban J connectivity index is 1.29. The second-order valence-corrected chi connectivity index (χ2v) is 9.50. The number of hydrogen-bond donors (Lipinski definition) is 2. The van der Waals surface area contributed by atoms with Crippen molar-refractivity contribution in [1.82, 2.24) is 25.2 Å². The average Bonchev–Trinajstić information content (AvgIpc) is 3.15. The largest absolute Gasteiger partial charge is 0.388 e. The fraction of sp³-hybridized carbons (Fsp3) is 0.360. The van der Waals surface area contributed by atoms with E-state index in [-0.39, 0.29) is 12.5 Å². The van der Waals surface area contributed by atoms with Gasteiger partial charge in [-0.1, -0.05) is 23.5 Å². The van der Waals surface area contributed by atoms with Crippen molar-refractivity contribution < 1.29 is 9.53 Å². The number of anilines is 3. The van der Waals surface area contributed by atoms with Crippen LogP contribution in [0, 0.1) is 0 Å². The van der Waals surface area contributed by atoms with E-state index in [0.29, 0.717) is 13.1 Å². The molecule has 2 aliphatic heterocycles. The molecule has 0 aromatic carbocycles. The number of nitrogens with zero attached hydrogens (tertiary/aromatic N) is 5. The minimum atomic E-state index is 0.0367. The first-order chi connectivity index (χ1) is 17.1. The zero-order chi connectivity index (χ0) is 24.2. The van der Waals surface area contributed by atoms with Crippen molar-refractivity contribution in [1.29, 1.82) is 0 Å². The Hall–Kier alpha value is -3.50. The molecule has 35 heavy (non-hydrogen) atoms. The molecule has 0 radical (unpaired) electrons. The normalized spacial score (nSPS) is 16.4. The molecule has 1 saturated heterocycles. The van der Waals surface area contributed by atoms with Gasteiger partial charge in [-0.2, -0.15) is 0 Å². The van der Waals surface area contributed by atoms with Crippen LogP contribution in [0.5, 0.6) is 0 Å².